The summed E-state index contributed by atoms with van der Waals surface area (Å²) < 4.78 is 5.23. The summed E-state index contributed by atoms with van der Waals surface area (Å²) in [4.78, 5) is 18.3. The summed E-state index contributed by atoms with van der Waals surface area (Å²) in [5, 5.41) is 1.25. The van der Waals surface area contributed by atoms with Gasteiger partial charge in [-0.05, 0) is 55.9 Å². The molecule has 0 spiro atoms. The summed E-state index contributed by atoms with van der Waals surface area (Å²) in [6, 6.07) is 6.14. The summed E-state index contributed by atoms with van der Waals surface area (Å²) in [7, 11) is 1.73. The topological polar surface area (TPSA) is 45.3 Å². The molecule has 1 aromatic heterocycles. The number of amides is 1. The predicted octanol–water partition coefficient (Wildman–Crippen LogP) is 3.16. The van der Waals surface area contributed by atoms with Gasteiger partial charge in [0.2, 0.25) is 0 Å². The van der Waals surface area contributed by atoms with Crippen LogP contribution in [-0.2, 0) is 17.6 Å². The molecule has 4 nitrogen and oxygen atoms in total. The lowest BCUT2D eigenvalue weighted by Crippen LogP contribution is -2.29. The fraction of sp³-hybridized carbons (Fsp3) is 0.526. The van der Waals surface area contributed by atoms with Gasteiger partial charge in [0.25, 0.3) is 5.91 Å². The van der Waals surface area contributed by atoms with Crippen LogP contribution in [0.15, 0.2) is 18.2 Å². The van der Waals surface area contributed by atoms with Crippen molar-refractivity contribution < 1.29 is 9.53 Å². The number of aromatic amines is 1. The number of rotatable bonds is 3. The molecular weight excluding hydrogens is 288 g/mol. The van der Waals surface area contributed by atoms with Crippen LogP contribution in [-0.4, -0.2) is 42.6 Å². The lowest BCUT2D eigenvalue weighted by atomic mass is 9.95. The summed E-state index contributed by atoms with van der Waals surface area (Å²) in [6.07, 6.45) is 5.83. The van der Waals surface area contributed by atoms with Gasteiger partial charge in [-0.3, -0.25) is 4.79 Å². The Morgan fingerprint density at radius 2 is 2.22 bits per heavy atom. The van der Waals surface area contributed by atoms with Crippen LogP contribution in [0.2, 0.25) is 0 Å². The molecule has 1 saturated heterocycles. The molecule has 2 aliphatic rings. The van der Waals surface area contributed by atoms with Crippen molar-refractivity contribution in [2.45, 2.75) is 32.1 Å². The van der Waals surface area contributed by atoms with Gasteiger partial charge >= 0.3 is 0 Å². The molecule has 0 bridgehead atoms. The van der Waals surface area contributed by atoms with Crippen molar-refractivity contribution in [2.75, 3.05) is 26.8 Å². The highest BCUT2D eigenvalue weighted by Gasteiger charge is 2.27. The van der Waals surface area contributed by atoms with E-state index >= 15 is 0 Å². The molecule has 0 saturated carbocycles. The van der Waals surface area contributed by atoms with E-state index in [1.54, 1.807) is 7.11 Å². The Balaban J connectivity index is 1.60. The van der Waals surface area contributed by atoms with Crippen molar-refractivity contribution in [1.29, 1.82) is 0 Å². The highest BCUT2D eigenvalue weighted by molar-refractivity contribution is 5.99. The van der Waals surface area contributed by atoms with Crippen molar-refractivity contribution in [3.8, 4) is 0 Å². The van der Waals surface area contributed by atoms with E-state index in [1.807, 2.05) is 11.0 Å². The second-order valence-corrected chi connectivity index (χ2v) is 6.91. The number of methoxy groups -OCH3 is 1. The molecule has 1 atom stereocenters. The van der Waals surface area contributed by atoms with E-state index in [1.165, 1.54) is 35.0 Å². The number of aryl methyl sites for hydroxylation is 2. The van der Waals surface area contributed by atoms with Crippen molar-refractivity contribution in [2.24, 2.45) is 5.92 Å². The third-order valence-electron chi connectivity index (χ3n) is 5.32. The SMILES string of the molecule is COC[C@@H]1CCN(C(=O)c2ccc3[nH]c4c(c3c2)CCCC4)C1. The molecule has 0 unspecified atom stereocenters. The molecule has 4 rings (SSSR count). The van der Waals surface area contributed by atoms with E-state index in [4.69, 9.17) is 4.74 Å². The Morgan fingerprint density at radius 1 is 1.35 bits per heavy atom. The van der Waals surface area contributed by atoms with Crippen molar-refractivity contribution in [1.82, 2.24) is 9.88 Å². The quantitative estimate of drug-likeness (QED) is 0.946. The van der Waals surface area contributed by atoms with Crippen LogP contribution in [0.4, 0.5) is 0 Å². The normalized spacial score (nSPS) is 20.9. The number of carbonyl (C=O) groups is 1. The van der Waals surface area contributed by atoms with E-state index in [9.17, 15) is 4.79 Å². The first-order chi connectivity index (χ1) is 11.3. The molecule has 1 fully saturated rings. The fourth-order valence-corrected chi connectivity index (χ4v) is 4.11. The molecule has 2 heterocycles. The second kappa shape index (κ2) is 6.00. The monoisotopic (exact) mass is 312 g/mol. The molecule has 1 aliphatic heterocycles. The van der Waals surface area contributed by atoms with E-state index in [0.717, 1.165) is 44.5 Å². The number of carbonyl (C=O) groups excluding carboxylic acids is 1. The van der Waals surface area contributed by atoms with Crippen molar-refractivity contribution in [3.63, 3.8) is 0 Å². The number of aromatic nitrogens is 1. The third kappa shape index (κ3) is 2.65. The van der Waals surface area contributed by atoms with E-state index in [2.05, 4.69) is 17.1 Å². The maximum atomic E-state index is 12.8. The van der Waals surface area contributed by atoms with Crippen LogP contribution < -0.4 is 0 Å². The van der Waals surface area contributed by atoms with E-state index in [-0.39, 0.29) is 5.91 Å². The summed E-state index contributed by atoms with van der Waals surface area (Å²) >= 11 is 0. The second-order valence-electron chi connectivity index (χ2n) is 6.91. The summed E-state index contributed by atoms with van der Waals surface area (Å²) in [5.74, 6) is 0.643. The number of hydrogen-bond acceptors (Lipinski definition) is 2. The molecule has 2 aromatic rings. The first-order valence-electron chi connectivity index (χ1n) is 8.68. The Morgan fingerprint density at radius 3 is 3.09 bits per heavy atom. The lowest BCUT2D eigenvalue weighted by molar-refractivity contribution is 0.0775. The number of nitrogens with zero attached hydrogens (tertiary/aromatic N) is 1. The Bertz CT molecular complexity index is 734. The zero-order chi connectivity index (χ0) is 15.8. The average molecular weight is 312 g/mol. The van der Waals surface area contributed by atoms with Crippen LogP contribution >= 0.6 is 0 Å². The number of hydrogen-bond donors (Lipinski definition) is 1. The molecule has 1 amide bonds. The van der Waals surface area contributed by atoms with Gasteiger partial charge in [0.1, 0.15) is 0 Å². The fourth-order valence-electron chi connectivity index (χ4n) is 4.11. The minimum absolute atomic E-state index is 0.163. The zero-order valence-electron chi connectivity index (χ0n) is 13.7. The maximum Gasteiger partial charge on any atom is 0.253 e. The minimum atomic E-state index is 0.163. The van der Waals surface area contributed by atoms with E-state index in [0.29, 0.717) is 5.92 Å². The van der Waals surface area contributed by atoms with Crippen LogP contribution in [0.3, 0.4) is 0 Å². The lowest BCUT2D eigenvalue weighted by Gasteiger charge is -2.17. The van der Waals surface area contributed by atoms with Gasteiger partial charge in [-0.25, -0.2) is 0 Å². The largest absolute Gasteiger partial charge is 0.384 e. The van der Waals surface area contributed by atoms with Gasteiger partial charge < -0.3 is 14.6 Å². The van der Waals surface area contributed by atoms with Gasteiger partial charge in [-0.1, -0.05) is 0 Å². The number of benzene rings is 1. The number of nitrogens with one attached hydrogen (secondary N) is 1. The Hall–Kier alpha value is -1.81. The number of ether oxygens (including phenoxy) is 1. The Labute approximate surface area is 136 Å². The number of fused-ring (bicyclic) bond motifs is 3. The standard InChI is InChI=1S/C19H24N2O2/c1-23-12-13-8-9-21(11-13)19(22)14-6-7-18-16(10-14)15-4-2-3-5-17(15)20-18/h6-7,10,13,20H,2-5,8-9,11-12H2,1H3/t13-/m1/s1. The van der Waals surface area contributed by atoms with Gasteiger partial charge in [0, 0.05) is 48.3 Å². The number of H-pyrrole nitrogens is 1. The smallest absolute Gasteiger partial charge is 0.253 e. The zero-order valence-corrected chi connectivity index (χ0v) is 13.7. The first-order valence-corrected chi connectivity index (χ1v) is 8.68. The molecular formula is C19H24N2O2. The average Bonchev–Trinajstić information content (AvgIpc) is 3.18. The molecule has 23 heavy (non-hydrogen) atoms. The first kappa shape index (κ1) is 14.8. The third-order valence-corrected chi connectivity index (χ3v) is 5.32. The summed E-state index contributed by atoms with van der Waals surface area (Å²) in [5.41, 5.74) is 4.80. The molecule has 1 aliphatic carbocycles. The van der Waals surface area contributed by atoms with Gasteiger partial charge in [0.15, 0.2) is 0 Å². The Kier molecular flexibility index (Phi) is 3.85. The van der Waals surface area contributed by atoms with Crippen LogP contribution in [0.25, 0.3) is 10.9 Å². The van der Waals surface area contributed by atoms with Crippen molar-refractivity contribution >= 4 is 16.8 Å². The predicted molar refractivity (Wildman–Crippen MR) is 90.8 cm³/mol. The molecule has 1 aromatic carbocycles. The van der Waals surface area contributed by atoms with Gasteiger partial charge in [-0.2, -0.15) is 0 Å². The van der Waals surface area contributed by atoms with Crippen LogP contribution in [0.5, 0.6) is 0 Å². The van der Waals surface area contributed by atoms with Crippen LogP contribution in [0.1, 0.15) is 40.9 Å². The minimum Gasteiger partial charge on any atom is -0.384 e. The molecule has 1 N–H and O–H groups in total. The molecule has 4 heteroatoms. The molecule has 122 valence electrons. The van der Waals surface area contributed by atoms with E-state index < -0.39 is 0 Å². The van der Waals surface area contributed by atoms with Crippen molar-refractivity contribution in [3.05, 3.63) is 35.0 Å². The number of likely N-dealkylation sites (tertiary alicyclic amines) is 1. The highest BCUT2D eigenvalue weighted by Crippen LogP contribution is 2.30. The maximum absolute atomic E-state index is 12.8. The van der Waals surface area contributed by atoms with Crippen LogP contribution in [0, 0.1) is 5.92 Å². The highest BCUT2D eigenvalue weighted by atomic mass is 16.5. The van der Waals surface area contributed by atoms with Gasteiger partial charge in [-0.15, -0.1) is 0 Å². The summed E-state index contributed by atoms with van der Waals surface area (Å²) in [6.45, 7) is 2.40. The van der Waals surface area contributed by atoms with Gasteiger partial charge in [0.05, 0.1) is 6.61 Å². The molecule has 0 radical (unpaired) electrons.